The second kappa shape index (κ2) is 4.94. The minimum absolute atomic E-state index is 0.0561. The molecule has 0 aliphatic rings. The van der Waals surface area contributed by atoms with Crippen molar-refractivity contribution < 1.29 is 4.79 Å². The van der Waals surface area contributed by atoms with Crippen LogP contribution in [0.2, 0.25) is 0 Å². The maximum Gasteiger partial charge on any atom is 0.224 e. The number of aromatic nitrogens is 1. The number of carbonyl (C=O) groups excluding carboxylic acids is 1. The maximum absolute atomic E-state index is 11.7. The topological polar surface area (TPSA) is 68.0 Å². The van der Waals surface area contributed by atoms with E-state index in [4.69, 9.17) is 5.73 Å². The summed E-state index contributed by atoms with van der Waals surface area (Å²) in [5, 5.41) is 3.54. The molecule has 1 aromatic carbocycles. The number of benzene rings is 1. The number of amides is 1. The number of hydrogen-bond donors (Lipinski definition) is 2. The summed E-state index contributed by atoms with van der Waals surface area (Å²) in [6.07, 6.45) is 1.39. The molecule has 2 rings (SSSR count). The zero-order valence-corrected chi connectivity index (χ0v) is 11.6. The van der Waals surface area contributed by atoms with Gasteiger partial charge in [-0.15, -0.1) is 0 Å². The fourth-order valence-electron chi connectivity index (χ4n) is 2.02. The Balaban J connectivity index is 2.46. The van der Waals surface area contributed by atoms with E-state index in [1.807, 2.05) is 26.8 Å². The Kier molecular flexibility index (Phi) is 3.52. The summed E-state index contributed by atoms with van der Waals surface area (Å²) in [5.74, 6) is 0.0561. The van der Waals surface area contributed by atoms with Crippen molar-refractivity contribution in [3.8, 4) is 0 Å². The van der Waals surface area contributed by atoms with Crippen molar-refractivity contribution in [2.45, 2.75) is 33.6 Å². The molecule has 0 bridgehead atoms. The molecule has 0 unspecified atom stereocenters. The number of fused-ring (bicyclic) bond motifs is 1. The molecule has 2 aromatic rings. The molecule has 0 spiro atoms. The fraction of sp³-hybridized carbons (Fsp3) is 0.385. The molecular formula is C13H17N3OS. The highest BCUT2D eigenvalue weighted by atomic mass is 32.1. The summed E-state index contributed by atoms with van der Waals surface area (Å²) >= 11 is 1.46. The van der Waals surface area contributed by atoms with Crippen LogP contribution in [0.1, 0.15) is 30.9 Å². The van der Waals surface area contributed by atoms with E-state index in [1.165, 1.54) is 11.3 Å². The van der Waals surface area contributed by atoms with Gasteiger partial charge in [-0.1, -0.05) is 18.3 Å². The number of nitrogens with one attached hydrogen (secondary N) is 1. The highest BCUT2D eigenvalue weighted by Gasteiger charge is 2.13. The van der Waals surface area contributed by atoms with E-state index >= 15 is 0 Å². The average molecular weight is 263 g/mol. The van der Waals surface area contributed by atoms with Crippen molar-refractivity contribution in [2.75, 3.05) is 11.1 Å². The third kappa shape index (κ3) is 2.31. The second-order valence-electron chi connectivity index (χ2n) is 4.39. The van der Waals surface area contributed by atoms with Crippen LogP contribution in [0.3, 0.4) is 0 Å². The monoisotopic (exact) mass is 263 g/mol. The van der Waals surface area contributed by atoms with Gasteiger partial charge in [0.15, 0.2) is 5.13 Å². The highest BCUT2D eigenvalue weighted by molar-refractivity contribution is 7.22. The summed E-state index contributed by atoms with van der Waals surface area (Å²) in [7, 11) is 0. The first-order valence-corrected chi connectivity index (χ1v) is 6.80. The summed E-state index contributed by atoms with van der Waals surface area (Å²) in [6.45, 7) is 5.96. The van der Waals surface area contributed by atoms with Gasteiger partial charge in [-0.3, -0.25) is 4.79 Å². The van der Waals surface area contributed by atoms with Crippen molar-refractivity contribution in [2.24, 2.45) is 0 Å². The molecule has 1 aromatic heterocycles. The predicted octanol–water partition coefficient (Wildman–Crippen LogP) is 3.23. The number of nitrogen functional groups attached to an aromatic ring is 1. The van der Waals surface area contributed by atoms with Gasteiger partial charge in [-0.2, -0.15) is 0 Å². The van der Waals surface area contributed by atoms with Crippen LogP contribution in [0.5, 0.6) is 0 Å². The van der Waals surface area contributed by atoms with Crippen LogP contribution in [-0.2, 0) is 4.79 Å². The van der Waals surface area contributed by atoms with Crippen molar-refractivity contribution in [1.29, 1.82) is 0 Å². The first-order valence-electron chi connectivity index (χ1n) is 5.99. The van der Waals surface area contributed by atoms with Crippen LogP contribution in [0.4, 0.5) is 10.8 Å². The lowest BCUT2D eigenvalue weighted by Crippen LogP contribution is -2.12. The predicted molar refractivity (Wildman–Crippen MR) is 77.0 cm³/mol. The lowest BCUT2D eigenvalue weighted by atomic mass is 10.1. The Morgan fingerprint density at radius 3 is 2.89 bits per heavy atom. The Bertz CT molecular complexity index is 604. The van der Waals surface area contributed by atoms with Crippen LogP contribution in [-0.4, -0.2) is 10.9 Å². The second-order valence-corrected chi connectivity index (χ2v) is 5.42. The molecule has 1 amide bonds. The van der Waals surface area contributed by atoms with Gasteiger partial charge in [-0.25, -0.2) is 4.98 Å². The SMILES string of the molecule is CCCC(=O)Nc1c(C)cc2nc(N)sc2c1C. The molecule has 0 saturated carbocycles. The van der Waals surface area contributed by atoms with Crippen molar-refractivity contribution in [3.05, 3.63) is 17.2 Å². The minimum Gasteiger partial charge on any atom is -0.375 e. The molecule has 18 heavy (non-hydrogen) atoms. The summed E-state index contributed by atoms with van der Waals surface area (Å²) < 4.78 is 1.05. The first kappa shape index (κ1) is 12.8. The zero-order chi connectivity index (χ0) is 13.3. The molecule has 5 heteroatoms. The molecular weight excluding hydrogens is 246 g/mol. The van der Waals surface area contributed by atoms with Crippen LogP contribution in [0, 0.1) is 13.8 Å². The third-order valence-electron chi connectivity index (χ3n) is 2.87. The standard InChI is InChI=1S/C13H17N3OS/c1-4-5-10(17)16-11-7(2)6-9-12(8(11)3)18-13(14)15-9/h6H,4-5H2,1-3H3,(H2,14,15)(H,16,17). The maximum atomic E-state index is 11.7. The van der Waals surface area contributed by atoms with Crippen molar-refractivity contribution >= 4 is 38.3 Å². The van der Waals surface area contributed by atoms with Gasteiger partial charge in [0.05, 0.1) is 10.2 Å². The smallest absolute Gasteiger partial charge is 0.224 e. The number of rotatable bonds is 3. The molecule has 0 aliphatic heterocycles. The third-order valence-corrected chi connectivity index (χ3v) is 3.89. The summed E-state index contributed by atoms with van der Waals surface area (Å²) in [6, 6.07) is 1.97. The highest BCUT2D eigenvalue weighted by Crippen LogP contribution is 2.34. The van der Waals surface area contributed by atoms with E-state index in [1.54, 1.807) is 0 Å². The zero-order valence-electron chi connectivity index (χ0n) is 10.8. The van der Waals surface area contributed by atoms with Crippen LogP contribution in [0.15, 0.2) is 6.07 Å². The van der Waals surface area contributed by atoms with E-state index in [0.717, 1.165) is 33.5 Å². The van der Waals surface area contributed by atoms with E-state index in [-0.39, 0.29) is 5.91 Å². The summed E-state index contributed by atoms with van der Waals surface area (Å²) in [5.41, 5.74) is 9.59. The molecule has 0 radical (unpaired) electrons. The Morgan fingerprint density at radius 1 is 1.50 bits per heavy atom. The molecule has 0 saturated heterocycles. The number of thiazole rings is 1. The average Bonchev–Trinajstić information content (AvgIpc) is 2.65. The molecule has 4 nitrogen and oxygen atoms in total. The number of carbonyl (C=O) groups is 1. The number of nitrogens with two attached hydrogens (primary N) is 1. The van der Waals surface area contributed by atoms with E-state index in [2.05, 4.69) is 10.3 Å². The van der Waals surface area contributed by atoms with Crippen LogP contribution in [0.25, 0.3) is 10.2 Å². The van der Waals surface area contributed by atoms with Crippen molar-refractivity contribution in [1.82, 2.24) is 4.98 Å². The molecule has 3 N–H and O–H groups in total. The van der Waals surface area contributed by atoms with Gasteiger partial charge in [-0.05, 0) is 37.5 Å². The molecule has 0 atom stereocenters. The Hall–Kier alpha value is -1.62. The molecule has 1 heterocycles. The molecule has 0 aliphatic carbocycles. The van der Waals surface area contributed by atoms with Crippen LogP contribution >= 0.6 is 11.3 Å². The number of hydrogen-bond acceptors (Lipinski definition) is 4. The van der Waals surface area contributed by atoms with Gasteiger partial charge in [0, 0.05) is 12.1 Å². The van der Waals surface area contributed by atoms with Gasteiger partial charge in [0.2, 0.25) is 5.91 Å². The van der Waals surface area contributed by atoms with E-state index in [0.29, 0.717) is 11.6 Å². The normalized spacial score (nSPS) is 10.8. The van der Waals surface area contributed by atoms with Gasteiger partial charge in [0.25, 0.3) is 0 Å². The minimum atomic E-state index is 0.0561. The van der Waals surface area contributed by atoms with Gasteiger partial charge < -0.3 is 11.1 Å². The van der Waals surface area contributed by atoms with E-state index < -0.39 is 0 Å². The van der Waals surface area contributed by atoms with Gasteiger partial charge in [0.1, 0.15) is 0 Å². The Labute approximate surface area is 110 Å². The van der Waals surface area contributed by atoms with E-state index in [9.17, 15) is 4.79 Å². The fourth-order valence-corrected chi connectivity index (χ4v) is 2.84. The molecule has 0 fully saturated rings. The van der Waals surface area contributed by atoms with Crippen LogP contribution < -0.4 is 11.1 Å². The number of nitrogens with zero attached hydrogens (tertiary/aromatic N) is 1. The first-order chi connectivity index (χ1) is 8.52. The lowest BCUT2D eigenvalue weighted by Gasteiger charge is -2.11. The van der Waals surface area contributed by atoms with Gasteiger partial charge >= 0.3 is 0 Å². The number of aryl methyl sites for hydroxylation is 2. The Morgan fingerprint density at radius 2 is 2.22 bits per heavy atom. The van der Waals surface area contributed by atoms with Crippen molar-refractivity contribution in [3.63, 3.8) is 0 Å². The summed E-state index contributed by atoms with van der Waals surface area (Å²) in [4.78, 5) is 16.0. The largest absolute Gasteiger partial charge is 0.375 e. The molecule has 96 valence electrons. The number of anilines is 2. The lowest BCUT2D eigenvalue weighted by molar-refractivity contribution is -0.116. The quantitative estimate of drug-likeness (QED) is 0.893.